The van der Waals surface area contributed by atoms with Gasteiger partial charge in [0.05, 0.1) is 5.56 Å². The molecule has 0 radical (unpaired) electrons. The summed E-state index contributed by atoms with van der Waals surface area (Å²) >= 11 is 5.11. The highest BCUT2D eigenvalue weighted by Crippen LogP contribution is 2.20. The first kappa shape index (κ1) is 15.0. The molecule has 0 aliphatic rings. The minimum Gasteiger partial charge on any atom is -0.431 e. The lowest BCUT2D eigenvalue weighted by molar-refractivity contribution is 0.102. The molecule has 0 unspecified atom stereocenters. The van der Waals surface area contributed by atoms with E-state index in [1.165, 1.54) is 0 Å². The zero-order chi connectivity index (χ0) is 15.2. The van der Waals surface area contributed by atoms with Gasteiger partial charge >= 0.3 is 0 Å². The minimum atomic E-state index is -0.238. The summed E-state index contributed by atoms with van der Waals surface area (Å²) in [5.74, 6) is 0.197. The van der Waals surface area contributed by atoms with Crippen LogP contribution in [0.1, 0.15) is 10.4 Å². The summed E-state index contributed by atoms with van der Waals surface area (Å²) in [6.07, 6.45) is 0. The number of nitrogens with one attached hydrogen (secondary N) is 1. The number of benzene rings is 2. The van der Waals surface area contributed by atoms with Crippen LogP contribution in [-0.4, -0.2) is 30.1 Å². The summed E-state index contributed by atoms with van der Waals surface area (Å²) in [6, 6.07) is 16.3. The summed E-state index contributed by atoms with van der Waals surface area (Å²) in [7, 11) is 3.57. The molecule has 0 fully saturated rings. The molecule has 4 nitrogen and oxygen atoms in total. The van der Waals surface area contributed by atoms with E-state index in [1.807, 2.05) is 30.3 Å². The van der Waals surface area contributed by atoms with Crippen LogP contribution < -0.4 is 10.1 Å². The Hall–Kier alpha value is -2.40. The molecule has 0 aliphatic heterocycles. The normalized spacial score (nSPS) is 9.81. The Bertz CT molecular complexity index is 642. The van der Waals surface area contributed by atoms with Gasteiger partial charge in [0.2, 0.25) is 0 Å². The largest absolute Gasteiger partial charge is 0.431 e. The first-order valence-corrected chi connectivity index (χ1v) is 6.83. The quantitative estimate of drug-likeness (QED) is 0.884. The molecular weight excluding hydrogens is 284 g/mol. The second kappa shape index (κ2) is 6.85. The zero-order valence-corrected chi connectivity index (χ0v) is 12.7. The molecule has 1 amide bonds. The van der Waals surface area contributed by atoms with E-state index in [0.29, 0.717) is 16.5 Å². The predicted octanol–water partition coefficient (Wildman–Crippen LogP) is 3.16. The average Bonchev–Trinajstić information content (AvgIpc) is 2.48. The molecule has 0 bridgehead atoms. The standard InChI is InChI=1S/C16H16N2O2S/c1-18(2)16(21)20-14-11-7-6-10-13(14)15(19)17-12-8-4-3-5-9-12/h3-11H,1-2H3,(H,17,19). The molecule has 1 N–H and O–H groups in total. The molecule has 2 aromatic rings. The van der Waals surface area contributed by atoms with Crippen molar-refractivity contribution in [2.45, 2.75) is 0 Å². The topological polar surface area (TPSA) is 41.6 Å². The highest BCUT2D eigenvalue weighted by atomic mass is 32.1. The highest BCUT2D eigenvalue weighted by molar-refractivity contribution is 7.80. The van der Waals surface area contributed by atoms with Crippen molar-refractivity contribution in [1.29, 1.82) is 0 Å². The number of carbonyl (C=O) groups excluding carboxylic acids is 1. The Balaban J connectivity index is 2.19. The van der Waals surface area contributed by atoms with Crippen LogP contribution in [0.5, 0.6) is 5.75 Å². The van der Waals surface area contributed by atoms with Gasteiger partial charge in [0.25, 0.3) is 11.1 Å². The molecule has 108 valence electrons. The third kappa shape index (κ3) is 4.03. The molecule has 5 heteroatoms. The molecule has 0 aromatic heterocycles. The van der Waals surface area contributed by atoms with Crippen LogP contribution in [0.3, 0.4) is 0 Å². The van der Waals surface area contributed by atoms with E-state index >= 15 is 0 Å². The van der Waals surface area contributed by atoms with Crippen molar-refractivity contribution in [3.8, 4) is 5.75 Å². The van der Waals surface area contributed by atoms with Gasteiger partial charge in [-0.2, -0.15) is 0 Å². The van der Waals surface area contributed by atoms with Crippen molar-refractivity contribution in [2.24, 2.45) is 0 Å². The fourth-order valence-electron chi connectivity index (χ4n) is 1.65. The number of para-hydroxylation sites is 2. The minimum absolute atomic E-state index is 0.238. The van der Waals surface area contributed by atoms with E-state index in [4.69, 9.17) is 17.0 Å². The summed E-state index contributed by atoms with van der Waals surface area (Å²) in [5.41, 5.74) is 1.16. The van der Waals surface area contributed by atoms with E-state index in [1.54, 1.807) is 43.3 Å². The van der Waals surface area contributed by atoms with Crippen LogP contribution in [-0.2, 0) is 0 Å². The summed E-state index contributed by atoms with van der Waals surface area (Å²) in [5, 5.41) is 3.13. The predicted molar refractivity (Wildman–Crippen MR) is 87.8 cm³/mol. The van der Waals surface area contributed by atoms with Gasteiger partial charge in [-0.15, -0.1) is 0 Å². The Morgan fingerprint density at radius 2 is 1.67 bits per heavy atom. The van der Waals surface area contributed by atoms with Gasteiger partial charge in [0, 0.05) is 19.8 Å². The maximum Gasteiger partial charge on any atom is 0.264 e. The number of carbonyl (C=O) groups is 1. The van der Waals surface area contributed by atoms with Crippen molar-refractivity contribution in [1.82, 2.24) is 4.90 Å². The first-order chi connectivity index (χ1) is 10.1. The van der Waals surface area contributed by atoms with Crippen molar-refractivity contribution in [3.05, 3.63) is 60.2 Å². The van der Waals surface area contributed by atoms with Crippen LogP contribution in [0.25, 0.3) is 0 Å². The lowest BCUT2D eigenvalue weighted by Gasteiger charge is -2.16. The van der Waals surface area contributed by atoms with Crippen LogP contribution >= 0.6 is 12.2 Å². The van der Waals surface area contributed by atoms with Crippen molar-refractivity contribution >= 4 is 29.0 Å². The van der Waals surface area contributed by atoms with Crippen molar-refractivity contribution in [2.75, 3.05) is 19.4 Å². The maximum absolute atomic E-state index is 12.3. The van der Waals surface area contributed by atoms with Crippen LogP contribution in [0.2, 0.25) is 0 Å². The van der Waals surface area contributed by atoms with Gasteiger partial charge in [0.1, 0.15) is 5.75 Å². The molecule has 0 heterocycles. The molecule has 0 spiro atoms. The number of rotatable bonds is 3. The number of ether oxygens (including phenoxy) is 1. The number of thiocarbonyl (C=S) groups is 1. The van der Waals surface area contributed by atoms with E-state index in [9.17, 15) is 4.79 Å². The lowest BCUT2D eigenvalue weighted by atomic mass is 10.2. The van der Waals surface area contributed by atoms with Crippen molar-refractivity contribution in [3.63, 3.8) is 0 Å². The van der Waals surface area contributed by atoms with Gasteiger partial charge in [-0.3, -0.25) is 4.79 Å². The molecule has 0 saturated carbocycles. The fourth-order valence-corrected chi connectivity index (χ4v) is 1.74. The SMILES string of the molecule is CN(C)C(=S)Oc1ccccc1C(=O)Nc1ccccc1. The third-order valence-corrected chi connectivity index (χ3v) is 3.17. The summed E-state index contributed by atoms with van der Waals surface area (Å²) < 4.78 is 5.56. The van der Waals surface area contributed by atoms with Crippen LogP contribution in [0.4, 0.5) is 5.69 Å². The molecule has 2 aromatic carbocycles. The van der Waals surface area contributed by atoms with E-state index in [0.717, 1.165) is 5.69 Å². The Morgan fingerprint density at radius 3 is 2.33 bits per heavy atom. The van der Waals surface area contributed by atoms with Crippen molar-refractivity contribution < 1.29 is 9.53 Å². The van der Waals surface area contributed by atoms with Gasteiger partial charge in [-0.1, -0.05) is 30.3 Å². The number of hydrogen-bond donors (Lipinski definition) is 1. The van der Waals surface area contributed by atoms with Crippen LogP contribution in [0, 0.1) is 0 Å². The summed E-state index contributed by atoms with van der Waals surface area (Å²) in [4.78, 5) is 14.0. The Kier molecular flexibility index (Phi) is 4.90. The van der Waals surface area contributed by atoms with E-state index < -0.39 is 0 Å². The average molecular weight is 300 g/mol. The number of hydrogen-bond acceptors (Lipinski definition) is 3. The summed E-state index contributed by atoms with van der Waals surface area (Å²) in [6.45, 7) is 0. The fraction of sp³-hybridized carbons (Fsp3) is 0.125. The molecular formula is C16H16N2O2S. The second-order valence-corrected chi connectivity index (χ2v) is 4.93. The van der Waals surface area contributed by atoms with E-state index in [2.05, 4.69) is 5.32 Å². The lowest BCUT2D eigenvalue weighted by Crippen LogP contribution is -2.26. The van der Waals surface area contributed by atoms with Crippen LogP contribution in [0.15, 0.2) is 54.6 Å². The monoisotopic (exact) mass is 300 g/mol. The zero-order valence-electron chi connectivity index (χ0n) is 11.9. The van der Waals surface area contributed by atoms with Gasteiger partial charge < -0.3 is 15.0 Å². The molecule has 2 rings (SSSR count). The third-order valence-electron chi connectivity index (χ3n) is 2.73. The maximum atomic E-state index is 12.3. The first-order valence-electron chi connectivity index (χ1n) is 6.42. The van der Waals surface area contributed by atoms with E-state index in [-0.39, 0.29) is 5.91 Å². The smallest absolute Gasteiger partial charge is 0.264 e. The molecule has 0 atom stereocenters. The highest BCUT2D eigenvalue weighted by Gasteiger charge is 2.14. The Morgan fingerprint density at radius 1 is 1.05 bits per heavy atom. The van der Waals surface area contributed by atoms with Gasteiger partial charge in [-0.05, 0) is 36.5 Å². The molecule has 21 heavy (non-hydrogen) atoms. The van der Waals surface area contributed by atoms with Gasteiger partial charge in [-0.25, -0.2) is 0 Å². The number of anilines is 1. The van der Waals surface area contributed by atoms with Gasteiger partial charge in [0.15, 0.2) is 0 Å². The number of amides is 1. The molecule has 0 aliphatic carbocycles. The molecule has 0 saturated heterocycles. The second-order valence-electron chi connectivity index (χ2n) is 4.58. The number of nitrogens with zero attached hydrogens (tertiary/aromatic N) is 1. The Labute approximate surface area is 129 Å².